The molecule has 5 heteroatoms. The minimum Gasteiger partial charge on any atom is -0.462 e. The lowest BCUT2D eigenvalue weighted by atomic mass is 10.1. The summed E-state index contributed by atoms with van der Waals surface area (Å²) in [5.41, 5.74) is 3.24. The molecule has 0 atom stereocenters. The fourth-order valence-electron chi connectivity index (χ4n) is 2.40. The second-order valence-electron chi connectivity index (χ2n) is 5.55. The van der Waals surface area contributed by atoms with Crippen LogP contribution in [0.3, 0.4) is 0 Å². The summed E-state index contributed by atoms with van der Waals surface area (Å²) in [5.74, 6) is -0.573. The summed E-state index contributed by atoms with van der Waals surface area (Å²) in [6, 6.07) is 14.4. The molecule has 0 aromatic heterocycles. The fraction of sp³-hybridized carbons (Fsp3) is 0.150. The molecular formula is C20H17NO4. The van der Waals surface area contributed by atoms with E-state index in [1.54, 1.807) is 37.3 Å². The molecular weight excluding hydrogens is 318 g/mol. The van der Waals surface area contributed by atoms with Gasteiger partial charge in [-0.15, -0.1) is 0 Å². The molecule has 25 heavy (non-hydrogen) atoms. The maximum Gasteiger partial charge on any atom is 0.363 e. The zero-order valence-corrected chi connectivity index (χ0v) is 14.0. The van der Waals surface area contributed by atoms with E-state index in [9.17, 15) is 9.59 Å². The Bertz CT molecular complexity index is 879. The van der Waals surface area contributed by atoms with E-state index in [2.05, 4.69) is 4.99 Å². The predicted molar refractivity (Wildman–Crippen MR) is 94.2 cm³/mol. The molecule has 1 aliphatic heterocycles. The molecule has 0 spiro atoms. The first-order chi connectivity index (χ1) is 12.1. The quantitative estimate of drug-likeness (QED) is 0.633. The SMILES string of the molecule is CCOC(=O)c1ccc(C=C2N=C(c3cccc(C)c3)OC2=O)cc1. The second-order valence-corrected chi connectivity index (χ2v) is 5.55. The number of carbonyl (C=O) groups is 2. The van der Waals surface area contributed by atoms with Crippen LogP contribution < -0.4 is 0 Å². The van der Waals surface area contributed by atoms with Crippen molar-refractivity contribution < 1.29 is 19.1 Å². The Hall–Kier alpha value is -3.21. The van der Waals surface area contributed by atoms with Gasteiger partial charge in [0.25, 0.3) is 0 Å². The van der Waals surface area contributed by atoms with Crippen molar-refractivity contribution in [3.05, 3.63) is 76.5 Å². The van der Waals surface area contributed by atoms with E-state index in [1.807, 2.05) is 31.2 Å². The standard InChI is InChI=1S/C20H17NO4/c1-3-24-19(22)15-9-7-14(8-10-15)12-17-20(23)25-18(21-17)16-6-4-5-13(2)11-16/h4-12H,3H2,1-2H3. The molecule has 126 valence electrons. The average molecular weight is 335 g/mol. The molecule has 2 aromatic carbocycles. The van der Waals surface area contributed by atoms with Crippen molar-refractivity contribution in [2.24, 2.45) is 4.99 Å². The molecule has 0 saturated heterocycles. The Morgan fingerprint density at radius 2 is 1.96 bits per heavy atom. The van der Waals surface area contributed by atoms with Crippen LogP contribution in [0.2, 0.25) is 0 Å². The summed E-state index contributed by atoms with van der Waals surface area (Å²) < 4.78 is 10.2. The number of cyclic esters (lactones) is 1. The molecule has 1 heterocycles. The normalized spacial score (nSPS) is 15.0. The second kappa shape index (κ2) is 7.13. The minimum atomic E-state index is -0.494. The highest BCUT2D eigenvalue weighted by Gasteiger charge is 2.24. The number of hydrogen-bond donors (Lipinski definition) is 0. The van der Waals surface area contributed by atoms with Gasteiger partial charge in [0.1, 0.15) is 0 Å². The number of rotatable bonds is 4. The molecule has 0 fully saturated rings. The van der Waals surface area contributed by atoms with Gasteiger partial charge in [-0.25, -0.2) is 14.6 Å². The van der Waals surface area contributed by atoms with E-state index in [4.69, 9.17) is 9.47 Å². The first-order valence-electron chi connectivity index (χ1n) is 7.93. The van der Waals surface area contributed by atoms with Crippen LogP contribution in [0, 0.1) is 6.92 Å². The van der Waals surface area contributed by atoms with E-state index in [1.165, 1.54) is 0 Å². The van der Waals surface area contributed by atoms with Gasteiger partial charge < -0.3 is 9.47 Å². The molecule has 0 bridgehead atoms. The Labute approximate surface area is 145 Å². The Morgan fingerprint density at radius 3 is 2.64 bits per heavy atom. The third kappa shape index (κ3) is 3.83. The molecule has 0 radical (unpaired) electrons. The van der Waals surface area contributed by atoms with Crippen LogP contribution in [-0.2, 0) is 14.3 Å². The summed E-state index contributed by atoms with van der Waals surface area (Å²) in [4.78, 5) is 28.0. The van der Waals surface area contributed by atoms with Crippen LogP contribution in [0.4, 0.5) is 0 Å². The molecule has 0 amide bonds. The first-order valence-corrected chi connectivity index (χ1v) is 7.93. The van der Waals surface area contributed by atoms with Gasteiger partial charge >= 0.3 is 11.9 Å². The number of ether oxygens (including phenoxy) is 2. The molecule has 0 saturated carbocycles. The van der Waals surface area contributed by atoms with Gasteiger partial charge in [0.05, 0.1) is 12.2 Å². The summed E-state index contributed by atoms with van der Waals surface area (Å²) in [7, 11) is 0. The number of aliphatic imine (C=N–C) groups is 1. The lowest BCUT2D eigenvalue weighted by molar-refractivity contribution is -0.129. The zero-order chi connectivity index (χ0) is 17.8. The number of hydrogen-bond acceptors (Lipinski definition) is 5. The van der Waals surface area contributed by atoms with Gasteiger partial charge in [0.2, 0.25) is 5.90 Å². The summed E-state index contributed by atoms with van der Waals surface area (Å²) in [6.45, 7) is 4.04. The van der Waals surface area contributed by atoms with E-state index >= 15 is 0 Å². The Morgan fingerprint density at radius 1 is 1.20 bits per heavy atom. The molecule has 2 aromatic rings. The van der Waals surface area contributed by atoms with Crippen molar-refractivity contribution in [1.82, 2.24) is 0 Å². The highest BCUT2D eigenvalue weighted by Crippen LogP contribution is 2.20. The number of benzene rings is 2. The third-order valence-electron chi connectivity index (χ3n) is 3.61. The van der Waals surface area contributed by atoms with E-state index in [-0.39, 0.29) is 11.7 Å². The molecule has 0 aliphatic carbocycles. The maximum absolute atomic E-state index is 12.0. The van der Waals surface area contributed by atoms with Crippen molar-refractivity contribution in [2.75, 3.05) is 6.61 Å². The van der Waals surface area contributed by atoms with Gasteiger partial charge in [0.15, 0.2) is 5.70 Å². The smallest absolute Gasteiger partial charge is 0.363 e. The predicted octanol–water partition coefficient (Wildman–Crippen LogP) is 3.52. The van der Waals surface area contributed by atoms with E-state index < -0.39 is 5.97 Å². The summed E-state index contributed by atoms with van der Waals surface area (Å²) in [5, 5.41) is 0. The lowest BCUT2D eigenvalue weighted by Gasteiger charge is -2.01. The van der Waals surface area contributed by atoms with Gasteiger partial charge in [0, 0.05) is 5.56 Å². The number of esters is 2. The number of aryl methyl sites for hydroxylation is 1. The molecule has 0 unspecified atom stereocenters. The van der Waals surface area contributed by atoms with Crippen LogP contribution in [0.25, 0.3) is 6.08 Å². The number of carbonyl (C=O) groups excluding carboxylic acids is 2. The van der Waals surface area contributed by atoms with Gasteiger partial charge in [-0.05, 0) is 49.8 Å². The fourth-order valence-corrected chi connectivity index (χ4v) is 2.40. The maximum atomic E-state index is 12.0. The molecule has 0 N–H and O–H groups in total. The van der Waals surface area contributed by atoms with Crippen molar-refractivity contribution >= 4 is 23.9 Å². The Balaban J connectivity index is 1.83. The first kappa shape index (κ1) is 16.6. The van der Waals surface area contributed by atoms with Gasteiger partial charge in [-0.1, -0.05) is 29.8 Å². The average Bonchev–Trinajstić information content (AvgIpc) is 2.96. The van der Waals surface area contributed by atoms with Crippen molar-refractivity contribution in [3.8, 4) is 0 Å². The van der Waals surface area contributed by atoms with Crippen LogP contribution in [-0.4, -0.2) is 24.4 Å². The van der Waals surface area contributed by atoms with Crippen molar-refractivity contribution in [3.63, 3.8) is 0 Å². The summed E-state index contributed by atoms with van der Waals surface area (Å²) >= 11 is 0. The van der Waals surface area contributed by atoms with Crippen LogP contribution >= 0.6 is 0 Å². The van der Waals surface area contributed by atoms with Crippen LogP contribution in [0.15, 0.2) is 59.2 Å². The molecule has 3 rings (SSSR count). The highest BCUT2D eigenvalue weighted by molar-refractivity contribution is 6.12. The highest BCUT2D eigenvalue weighted by atomic mass is 16.6. The topological polar surface area (TPSA) is 65.0 Å². The Kier molecular flexibility index (Phi) is 4.75. The summed E-state index contributed by atoms with van der Waals surface area (Å²) in [6.07, 6.45) is 1.63. The van der Waals surface area contributed by atoms with Crippen LogP contribution in [0.5, 0.6) is 0 Å². The largest absolute Gasteiger partial charge is 0.462 e. The minimum absolute atomic E-state index is 0.223. The van der Waals surface area contributed by atoms with E-state index in [0.29, 0.717) is 18.1 Å². The van der Waals surface area contributed by atoms with Gasteiger partial charge in [-0.2, -0.15) is 0 Å². The monoisotopic (exact) mass is 335 g/mol. The van der Waals surface area contributed by atoms with E-state index in [0.717, 1.165) is 16.7 Å². The third-order valence-corrected chi connectivity index (χ3v) is 3.61. The molecule has 5 nitrogen and oxygen atoms in total. The zero-order valence-electron chi connectivity index (χ0n) is 14.0. The number of nitrogens with zero attached hydrogens (tertiary/aromatic N) is 1. The van der Waals surface area contributed by atoms with Crippen molar-refractivity contribution in [1.29, 1.82) is 0 Å². The van der Waals surface area contributed by atoms with Crippen LogP contribution in [0.1, 0.15) is 34.0 Å². The molecule has 1 aliphatic rings. The van der Waals surface area contributed by atoms with Gasteiger partial charge in [-0.3, -0.25) is 0 Å². The van der Waals surface area contributed by atoms with Crippen molar-refractivity contribution in [2.45, 2.75) is 13.8 Å². The lowest BCUT2D eigenvalue weighted by Crippen LogP contribution is -2.05.